The molecule has 0 aromatic heterocycles. The van der Waals surface area contributed by atoms with Gasteiger partial charge < -0.3 is 10.1 Å². The lowest BCUT2D eigenvalue weighted by Crippen LogP contribution is -2.49. The average Bonchev–Trinajstić information content (AvgIpc) is 2.41. The predicted octanol–water partition coefficient (Wildman–Crippen LogP) is 1.69. The predicted molar refractivity (Wildman–Crippen MR) is 77.8 cm³/mol. The minimum absolute atomic E-state index is 0. The molecular formula is C14H21ClN2O2. The first kappa shape index (κ1) is 16.0. The molecule has 0 saturated carbocycles. The number of hydrogen-bond acceptors (Lipinski definition) is 4. The van der Waals surface area contributed by atoms with Crippen molar-refractivity contribution in [3.8, 4) is 0 Å². The van der Waals surface area contributed by atoms with Crippen molar-refractivity contribution in [2.45, 2.75) is 19.5 Å². The Kier molecular flexibility index (Phi) is 6.28. The summed E-state index contributed by atoms with van der Waals surface area (Å²) in [5.74, 6) is -0.280. The van der Waals surface area contributed by atoms with Gasteiger partial charge in [-0.15, -0.1) is 12.4 Å². The molecule has 19 heavy (non-hydrogen) atoms. The molecule has 0 radical (unpaired) electrons. The van der Waals surface area contributed by atoms with Gasteiger partial charge in [0.1, 0.15) is 0 Å². The zero-order chi connectivity index (χ0) is 13.0. The van der Waals surface area contributed by atoms with Crippen molar-refractivity contribution >= 4 is 18.4 Å². The van der Waals surface area contributed by atoms with Crippen LogP contribution in [-0.4, -0.2) is 43.7 Å². The molecule has 5 heteroatoms. The molecule has 0 bridgehead atoms. The molecule has 0 spiro atoms. The van der Waals surface area contributed by atoms with Crippen LogP contribution in [0.5, 0.6) is 0 Å². The highest BCUT2D eigenvalue weighted by Crippen LogP contribution is 2.11. The summed E-state index contributed by atoms with van der Waals surface area (Å²) in [5, 5.41) is 3.38. The minimum atomic E-state index is -0.280. The van der Waals surface area contributed by atoms with Gasteiger partial charge in [0.05, 0.1) is 12.7 Å². The van der Waals surface area contributed by atoms with Crippen molar-refractivity contribution in [1.29, 1.82) is 0 Å². The van der Waals surface area contributed by atoms with Gasteiger partial charge in [-0.05, 0) is 24.6 Å². The van der Waals surface area contributed by atoms with E-state index in [-0.39, 0.29) is 18.4 Å². The quantitative estimate of drug-likeness (QED) is 0.858. The number of nitrogens with one attached hydrogen (secondary N) is 1. The third-order valence-electron chi connectivity index (χ3n) is 3.40. The number of methoxy groups -OCH3 is 1. The highest BCUT2D eigenvalue weighted by Gasteiger charge is 2.17. The maximum Gasteiger partial charge on any atom is 0.337 e. The molecular weight excluding hydrogens is 264 g/mol. The first-order chi connectivity index (χ1) is 8.70. The molecule has 1 saturated heterocycles. The van der Waals surface area contributed by atoms with Crippen LogP contribution in [0, 0.1) is 0 Å². The van der Waals surface area contributed by atoms with Gasteiger partial charge >= 0.3 is 5.97 Å². The average molecular weight is 285 g/mol. The van der Waals surface area contributed by atoms with Crippen LogP contribution < -0.4 is 5.32 Å². The maximum absolute atomic E-state index is 11.3. The van der Waals surface area contributed by atoms with E-state index in [0.717, 1.165) is 26.2 Å². The first-order valence-corrected chi connectivity index (χ1v) is 6.32. The SMILES string of the molecule is COC(=O)c1ccc(CN2CCNC[C@H]2C)cc1.Cl. The van der Waals surface area contributed by atoms with E-state index in [1.807, 2.05) is 24.3 Å². The monoisotopic (exact) mass is 284 g/mol. The molecule has 1 N–H and O–H groups in total. The van der Waals surface area contributed by atoms with Crippen LogP contribution in [0.3, 0.4) is 0 Å². The van der Waals surface area contributed by atoms with E-state index in [9.17, 15) is 4.79 Å². The van der Waals surface area contributed by atoms with Crippen LogP contribution >= 0.6 is 12.4 Å². The standard InChI is InChI=1S/C14H20N2O2.ClH/c1-11-9-15-7-8-16(11)10-12-3-5-13(6-4-12)14(17)18-2;/h3-6,11,15H,7-10H2,1-2H3;1H/t11-;/m1./s1. The molecule has 106 valence electrons. The Balaban J connectivity index is 0.00000180. The lowest BCUT2D eigenvalue weighted by Gasteiger charge is -2.33. The summed E-state index contributed by atoms with van der Waals surface area (Å²) < 4.78 is 4.69. The number of halogens is 1. The molecule has 0 unspecified atom stereocenters. The number of benzene rings is 1. The summed E-state index contributed by atoms with van der Waals surface area (Å²) in [6, 6.07) is 8.21. The number of ether oxygens (including phenoxy) is 1. The van der Waals surface area contributed by atoms with Gasteiger partial charge in [-0.1, -0.05) is 12.1 Å². The summed E-state index contributed by atoms with van der Waals surface area (Å²) in [7, 11) is 1.40. The third kappa shape index (κ3) is 4.20. The van der Waals surface area contributed by atoms with Crippen molar-refractivity contribution < 1.29 is 9.53 Å². The van der Waals surface area contributed by atoms with Crippen molar-refractivity contribution in [3.05, 3.63) is 35.4 Å². The van der Waals surface area contributed by atoms with Crippen molar-refractivity contribution in [2.75, 3.05) is 26.7 Å². The summed E-state index contributed by atoms with van der Waals surface area (Å²) in [6.45, 7) is 6.32. The van der Waals surface area contributed by atoms with E-state index in [1.165, 1.54) is 12.7 Å². The number of rotatable bonds is 3. The minimum Gasteiger partial charge on any atom is -0.465 e. The Morgan fingerprint density at radius 1 is 1.42 bits per heavy atom. The number of carbonyl (C=O) groups is 1. The smallest absolute Gasteiger partial charge is 0.337 e. The third-order valence-corrected chi connectivity index (χ3v) is 3.40. The molecule has 2 rings (SSSR count). The molecule has 1 aliphatic rings. The van der Waals surface area contributed by atoms with Gasteiger partial charge in [0, 0.05) is 32.2 Å². The van der Waals surface area contributed by atoms with E-state index >= 15 is 0 Å². The van der Waals surface area contributed by atoms with Crippen molar-refractivity contribution in [2.24, 2.45) is 0 Å². The van der Waals surface area contributed by atoms with E-state index in [4.69, 9.17) is 0 Å². The summed E-state index contributed by atoms with van der Waals surface area (Å²) >= 11 is 0. The van der Waals surface area contributed by atoms with Crippen molar-refractivity contribution in [1.82, 2.24) is 10.2 Å². The summed E-state index contributed by atoms with van der Waals surface area (Å²) in [6.07, 6.45) is 0. The fourth-order valence-corrected chi connectivity index (χ4v) is 2.22. The van der Waals surface area contributed by atoms with Gasteiger partial charge in [-0.2, -0.15) is 0 Å². The Hall–Kier alpha value is -1.10. The second-order valence-corrected chi connectivity index (χ2v) is 4.71. The first-order valence-electron chi connectivity index (χ1n) is 6.32. The zero-order valence-electron chi connectivity index (χ0n) is 11.4. The molecule has 1 aromatic rings. The maximum atomic E-state index is 11.3. The van der Waals surface area contributed by atoms with Crippen molar-refractivity contribution in [3.63, 3.8) is 0 Å². The molecule has 1 heterocycles. The highest BCUT2D eigenvalue weighted by molar-refractivity contribution is 5.89. The molecule has 1 atom stereocenters. The summed E-state index contributed by atoms with van der Waals surface area (Å²) in [5.41, 5.74) is 1.84. The van der Waals surface area contributed by atoms with Crippen LogP contribution in [0.1, 0.15) is 22.8 Å². The highest BCUT2D eigenvalue weighted by atomic mass is 35.5. The van der Waals surface area contributed by atoms with Crippen LogP contribution in [0.15, 0.2) is 24.3 Å². The van der Waals surface area contributed by atoms with Gasteiger partial charge in [0.25, 0.3) is 0 Å². The molecule has 1 aromatic carbocycles. The normalized spacial score (nSPS) is 19.6. The lowest BCUT2D eigenvalue weighted by atomic mass is 10.1. The second kappa shape index (κ2) is 7.48. The topological polar surface area (TPSA) is 41.6 Å². The van der Waals surface area contributed by atoms with Crippen LogP contribution in [0.25, 0.3) is 0 Å². The Bertz CT molecular complexity index is 408. The Morgan fingerprint density at radius 3 is 2.68 bits per heavy atom. The number of hydrogen-bond donors (Lipinski definition) is 1. The Labute approximate surface area is 120 Å². The van der Waals surface area contributed by atoms with Gasteiger partial charge in [-0.25, -0.2) is 4.79 Å². The van der Waals surface area contributed by atoms with Crippen LogP contribution in [0.2, 0.25) is 0 Å². The number of piperazine rings is 1. The van der Waals surface area contributed by atoms with Crippen LogP contribution in [0.4, 0.5) is 0 Å². The fourth-order valence-electron chi connectivity index (χ4n) is 2.22. The molecule has 1 fully saturated rings. The van der Waals surface area contributed by atoms with Gasteiger partial charge in [0.15, 0.2) is 0 Å². The fraction of sp³-hybridized carbons (Fsp3) is 0.500. The number of nitrogens with zero attached hydrogens (tertiary/aromatic N) is 1. The van der Waals surface area contributed by atoms with E-state index in [0.29, 0.717) is 11.6 Å². The van der Waals surface area contributed by atoms with Gasteiger partial charge in [-0.3, -0.25) is 4.90 Å². The molecule has 0 aliphatic carbocycles. The second-order valence-electron chi connectivity index (χ2n) is 4.71. The van der Waals surface area contributed by atoms with Crippen LogP contribution in [-0.2, 0) is 11.3 Å². The largest absolute Gasteiger partial charge is 0.465 e. The van der Waals surface area contributed by atoms with E-state index in [2.05, 4.69) is 21.9 Å². The molecule has 1 aliphatic heterocycles. The zero-order valence-corrected chi connectivity index (χ0v) is 12.2. The number of esters is 1. The molecule has 4 nitrogen and oxygen atoms in total. The molecule has 0 amide bonds. The van der Waals surface area contributed by atoms with E-state index in [1.54, 1.807) is 0 Å². The summed E-state index contributed by atoms with van der Waals surface area (Å²) in [4.78, 5) is 13.8. The number of carbonyl (C=O) groups excluding carboxylic acids is 1. The van der Waals surface area contributed by atoms with Gasteiger partial charge in [0.2, 0.25) is 0 Å². The van der Waals surface area contributed by atoms with E-state index < -0.39 is 0 Å². The Morgan fingerprint density at radius 2 is 2.11 bits per heavy atom. The lowest BCUT2D eigenvalue weighted by molar-refractivity contribution is 0.0600.